The largest absolute Gasteiger partial charge is 0.506 e. The van der Waals surface area contributed by atoms with E-state index in [1.165, 1.54) is 6.07 Å². The molecule has 1 aromatic carbocycles. The van der Waals surface area contributed by atoms with Crippen molar-refractivity contribution in [3.05, 3.63) is 47.1 Å². The lowest BCUT2D eigenvalue weighted by Crippen LogP contribution is -2.41. The van der Waals surface area contributed by atoms with Crippen molar-refractivity contribution in [3.63, 3.8) is 0 Å². The molecule has 4 nitrogen and oxygen atoms in total. The number of benzene rings is 1. The molecule has 0 saturated carbocycles. The normalized spacial score (nSPS) is 14.3. The van der Waals surface area contributed by atoms with Crippen LogP contribution in [0.3, 0.4) is 0 Å². The molecule has 0 aliphatic rings. The molecule has 1 radical (unpaired) electrons. The predicted molar refractivity (Wildman–Crippen MR) is 92.6 cm³/mol. The number of aromatic nitrogens is 1. The predicted octanol–water partition coefficient (Wildman–Crippen LogP) is 4.13. The zero-order chi connectivity index (χ0) is 16.7. The maximum atomic E-state index is 11.5. The van der Waals surface area contributed by atoms with E-state index in [1.54, 1.807) is 18.2 Å². The summed E-state index contributed by atoms with van der Waals surface area (Å²) in [6, 6.07) is 6.53. The number of hydrogen-bond acceptors (Lipinski definition) is 3. The van der Waals surface area contributed by atoms with Crippen molar-refractivity contribution in [1.29, 1.82) is 0 Å². The van der Waals surface area contributed by atoms with Crippen LogP contribution in [0.1, 0.15) is 32.4 Å². The number of pyridine rings is 1. The van der Waals surface area contributed by atoms with Crippen molar-refractivity contribution in [2.75, 3.05) is 0 Å². The number of phenolic OH excluding ortho intramolecular Hbond substituents is 1. The Morgan fingerprint density at radius 2 is 1.86 bits per heavy atom. The Kier molecular flexibility index (Phi) is 4.23. The van der Waals surface area contributed by atoms with Gasteiger partial charge in [-0.25, -0.2) is 0 Å². The summed E-state index contributed by atoms with van der Waals surface area (Å²) in [5.74, 6) is 0.0518. The van der Waals surface area contributed by atoms with Gasteiger partial charge in [-0.15, -0.1) is 0 Å². The summed E-state index contributed by atoms with van der Waals surface area (Å²) in [6.45, 7) is 15.0. The second-order valence-electron chi connectivity index (χ2n) is 7.15. The van der Waals surface area contributed by atoms with E-state index in [2.05, 4.69) is 45.8 Å². The molecule has 0 amide bonds. The number of aromatic amines is 1. The third kappa shape index (κ3) is 3.10. The Bertz CT molecular complexity index is 744. The molecule has 0 spiro atoms. The fourth-order valence-electron chi connectivity index (χ4n) is 2.14. The first-order valence-corrected chi connectivity index (χ1v) is 10.3. The minimum atomic E-state index is -1.96. The lowest BCUT2D eigenvalue weighted by Gasteiger charge is -2.38. The number of nitrogens with one attached hydrogen (secondary N) is 1. The quantitative estimate of drug-likeness (QED) is 0.836. The molecule has 1 atom stereocenters. The van der Waals surface area contributed by atoms with E-state index < -0.39 is 8.32 Å². The number of aromatic hydroxyl groups is 1. The van der Waals surface area contributed by atoms with Gasteiger partial charge in [-0.3, -0.25) is 4.79 Å². The SMILES string of the molecule is [CH2][C@@H](O[Si](C)(C)C(C)(C)C)c1ccc(O)c2[nH]c(=O)ccc12. The monoisotopic (exact) mass is 318 g/mol. The van der Waals surface area contributed by atoms with Crippen LogP contribution in [-0.4, -0.2) is 18.4 Å². The molecule has 119 valence electrons. The average Bonchev–Trinajstić information content (AvgIpc) is 2.37. The Morgan fingerprint density at radius 3 is 2.45 bits per heavy atom. The number of phenols is 1. The Hall–Kier alpha value is -1.59. The van der Waals surface area contributed by atoms with Crippen LogP contribution in [-0.2, 0) is 4.43 Å². The van der Waals surface area contributed by atoms with Gasteiger partial charge < -0.3 is 14.5 Å². The van der Waals surface area contributed by atoms with E-state index in [-0.39, 0.29) is 22.5 Å². The number of fused-ring (bicyclic) bond motifs is 1. The molecule has 2 rings (SSSR count). The first-order chi connectivity index (χ1) is 10.0. The number of H-pyrrole nitrogens is 1. The van der Waals surface area contributed by atoms with E-state index in [0.717, 1.165) is 10.9 Å². The van der Waals surface area contributed by atoms with Crippen molar-refractivity contribution in [1.82, 2.24) is 4.98 Å². The third-order valence-electron chi connectivity index (χ3n) is 4.50. The van der Waals surface area contributed by atoms with Gasteiger partial charge in [-0.05, 0) is 42.8 Å². The van der Waals surface area contributed by atoms with E-state index in [9.17, 15) is 9.90 Å². The van der Waals surface area contributed by atoms with Crippen LogP contribution in [0.4, 0.5) is 0 Å². The molecule has 0 aliphatic heterocycles. The second kappa shape index (κ2) is 5.55. The Morgan fingerprint density at radius 1 is 1.23 bits per heavy atom. The van der Waals surface area contributed by atoms with Gasteiger partial charge in [0.25, 0.3) is 0 Å². The molecule has 5 heteroatoms. The van der Waals surface area contributed by atoms with Crippen LogP contribution >= 0.6 is 0 Å². The maximum absolute atomic E-state index is 11.5. The molecule has 2 aromatic rings. The van der Waals surface area contributed by atoms with E-state index in [0.29, 0.717) is 5.52 Å². The smallest absolute Gasteiger partial charge is 0.248 e. The lowest BCUT2D eigenvalue weighted by molar-refractivity contribution is 0.228. The highest BCUT2D eigenvalue weighted by molar-refractivity contribution is 6.74. The van der Waals surface area contributed by atoms with Gasteiger partial charge in [0.1, 0.15) is 5.75 Å². The standard InChI is InChI=1S/C17H24NO3Si/c1-11(21-22(5,6)17(2,3)4)12-7-9-14(19)16-13(12)8-10-15(20)18-16/h7-11,19H,1H2,2-6H3,(H,18,20)/t11-/m1/s1. The van der Waals surface area contributed by atoms with Crippen molar-refractivity contribution in [2.24, 2.45) is 0 Å². The minimum Gasteiger partial charge on any atom is -0.506 e. The fraction of sp³-hybridized carbons (Fsp3) is 0.412. The lowest BCUT2D eigenvalue weighted by atomic mass is 10.0. The first-order valence-electron chi connectivity index (χ1n) is 7.39. The third-order valence-corrected chi connectivity index (χ3v) is 8.98. The van der Waals surface area contributed by atoms with Crippen molar-refractivity contribution >= 4 is 19.2 Å². The molecule has 0 bridgehead atoms. The van der Waals surface area contributed by atoms with Crippen LogP contribution < -0.4 is 5.56 Å². The van der Waals surface area contributed by atoms with Crippen LogP contribution in [0.5, 0.6) is 5.75 Å². The fourth-order valence-corrected chi connectivity index (χ4v) is 3.33. The molecule has 22 heavy (non-hydrogen) atoms. The van der Waals surface area contributed by atoms with E-state index in [1.807, 2.05) is 0 Å². The highest BCUT2D eigenvalue weighted by atomic mass is 28.4. The van der Waals surface area contributed by atoms with Gasteiger partial charge >= 0.3 is 0 Å². The summed E-state index contributed by atoms with van der Waals surface area (Å²) in [5, 5.41) is 10.8. The van der Waals surface area contributed by atoms with Crippen molar-refractivity contribution in [3.8, 4) is 5.75 Å². The highest BCUT2D eigenvalue weighted by Crippen LogP contribution is 2.40. The summed E-state index contributed by atoms with van der Waals surface area (Å²) < 4.78 is 6.32. The van der Waals surface area contributed by atoms with E-state index in [4.69, 9.17) is 4.43 Å². The summed E-state index contributed by atoms with van der Waals surface area (Å²) in [5.41, 5.74) is 1.05. The first kappa shape index (κ1) is 16.8. The zero-order valence-corrected chi connectivity index (χ0v) is 14.9. The number of hydrogen-bond donors (Lipinski definition) is 2. The van der Waals surface area contributed by atoms with Gasteiger partial charge in [-0.1, -0.05) is 26.8 Å². The van der Waals surface area contributed by atoms with Gasteiger partial charge in [0.2, 0.25) is 5.56 Å². The average molecular weight is 318 g/mol. The molecular weight excluding hydrogens is 294 g/mol. The van der Waals surface area contributed by atoms with Gasteiger partial charge in [-0.2, -0.15) is 0 Å². The molecule has 0 aliphatic carbocycles. The maximum Gasteiger partial charge on any atom is 0.248 e. The van der Waals surface area contributed by atoms with Gasteiger partial charge in [0, 0.05) is 11.5 Å². The van der Waals surface area contributed by atoms with Crippen molar-refractivity contribution < 1.29 is 9.53 Å². The molecule has 0 fully saturated rings. The molecular formula is C17H24NO3Si. The molecule has 1 aromatic heterocycles. The minimum absolute atomic E-state index is 0.0518. The molecule has 1 heterocycles. The molecule has 0 unspecified atom stereocenters. The molecule has 0 saturated heterocycles. The summed E-state index contributed by atoms with van der Waals surface area (Å²) in [4.78, 5) is 14.1. The Balaban J connectivity index is 2.47. The summed E-state index contributed by atoms with van der Waals surface area (Å²) >= 11 is 0. The second-order valence-corrected chi connectivity index (χ2v) is 11.9. The number of rotatable bonds is 3. The highest BCUT2D eigenvalue weighted by Gasteiger charge is 2.38. The topological polar surface area (TPSA) is 62.3 Å². The van der Waals surface area contributed by atoms with Gasteiger partial charge in [0.15, 0.2) is 8.32 Å². The van der Waals surface area contributed by atoms with Crippen LogP contribution in [0.25, 0.3) is 10.9 Å². The molecule has 2 N–H and O–H groups in total. The summed E-state index contributed by atoms with van der Waals surface area (Å²) in [6.07, 6.45) is -0.352. The van der Waals surface area contributed by atoms with Crippen LogP contribution in [0.15, 0.2) is 29.1 Å². The van der Waals surface area contributed by atoms with Crippen LogP contribution in [0, 0.1) is 6.92 Å². The van der Waals surface area contributed by atoms with Gasteiger partial charge in [0.05, 0.1) is 11.6 Å². The zero-order valence-electron chi connectivity index (χ0n) is 13.9. The van der Waals surface area contributed by atoms with Crippen LogP contribution in [0.2, 0.25) is 18.1 Å². The Labute approximate surface area is 132 Å². The van der Waals surface area contributed by atoms with E-state index >= 15 is 0 Å². The summed E-state index contributed by atoms with van der Waals surface area (Å²) in [7, 11) is -1.96. The van der Waals surface area contributed by atoms with Crippen molar-refractivity contribution in [2.45, 2.75) is 45.0 Å².